The van der Waals surface area contributed by atoms with Crippen molar-refractivity contribution in [2.75, 3.05) is 0 Å². The molecule has 0 amide bonds. The van der Waals surface area contributed by atoms with E-state index >= 15 is 0 Å². The van der Waals surface area contributed by atoms with E-state index in [0.29, 0.717) is 0 Å². The Labute approximate surface area is 395 Å². The zero-order chi connectivity index (χ0) is 45.0. The average Bonchev–Trinajstić information content (AvgIpc) is 3.94. The molecule has 0 aliphatic heterocycles. The van der Waals surface area contributed by atoms with Crippen LogP contribution < -0.4 is 0 Å². The number of hydrogen-bond donors (Lipinski definition) is 0. The molecule has 13 rings (SSSR count). The first-order valence-corrected chi connectivity index (χ1v) is 23.4. The van der Waals surface area contributed by atoms with Gasteiger partial charge in [0, 0.05) is 32.9 Å². The van der Waals surface area contributed by atoms with Crippen molar-refractivity contribution >= 4 is 43.6 Å². The third kappa shape index (κ3) is 6.90. The number of nitrogens with zero attached hydrogens (tertiary/aromatic N) is 2. The molecule has 0 fully saturated rings. The highest BCUT2D eigenvalue weighted by Gasteiger charge is 2.17. The van der Waals surface area contributed by atoms with Gasteiger partial charge in [0.05, 0.1) is 22.1 Å². The van der Waals surface area contributed by atoms with Crippen molar-refractivity contribution in [3.05, 3.63) is 267 Å². The first kappa shape index (κ1) is 39.4. The maximum atomic E-state index is 2.42. The molecule has 0 saturated carbocycles. The van der Waals surface area contributed by atoms with Gasteiger partial charge in [0.2, 0.25) is 0 Å². The van der Waals surface area contributed by atoms with Gasteiger partial charge in [0.15, 0.2) is 0 Å². The lowest BCUT2D eigenvalue weighted by Gasteiger charge is -2.12. The molecule has 0 aliphatic carbocycles. The van der Waals surface area contributed by atoms with E-state index in [4.69, 9.17) is 0 Å². The van der Waals surface area contributed by atoms with E-state index in [1.54, 1.807) is 0 Å². The predicted octanol–water partition coefficient (Wildman–Crippen LogP) is 17.9. The van der Waals surface area contributed by atoms with Crippen molar-refractivity contribution in [2.24, 2.45) is 0 Å². The van der Waals surface area contributed by atoms with E-state index in [1.807, 2.05) is 0 Å². The summed E-state index contributed by atoms with van der Waals surface area (Å²) in [6.45, 7) is 0. The van der Waals surface area contributed by atoms with Crippen molar-refractivity contribution < 1.29 is 0 Å². The maximum absolute atomic E-state index is 2.42. The molecule has 2 nitrogen and oxygen atoms in total. The van der Waals surface area contributed by atoms with E-state index in [9.17, 15) is 0 Å². The molecule has 0 unspecified atom stereocenters. The molecule has 0 radical (unpaired) electrons. The minimum absolute atomic E-state index is 1.14. The summed E-state index contributed by atoms with van der Waals surface area (Å²) in [5, 5.41) is 5.00. The molecule has 2 aromatic heterocycles. The molecule has 68 heavy (non-hydrogen) atoms. The Bertz CT molecular complexity index is 3990. The standard InChI is InChI=1S/C66H44N2/c1-3-14-45(15-4-1)46-28-30-47(31-29-46)50-16-11-18-52(40-50)53-19-12-17-51(41-53)48-32-34-49(35-33-48)54-20-13-23-58(42-54)68-64-27-10-8-25-60(64)62-44-56(37-39-66(62)68)55-36-38-65-61(43-55)59-24-7-9-26-63(59)67(65)57-21-5-2-6-22-57/h1-44H. The molecular formula is C66H44N2. The average molecular weight is 865 g/mol. The molecule has 0 saturated heterocycles. The summed E-state index contributed by atoms with van der Waals surface area (Å²) < 4.78 is 4.80. The van der Waals surface area contributed by atoms with Crippen LogP contribution in [0.2, 0.25) is 0 Å². The van der Waals surface area contributed by atoms with Crippen molar-refractivity contribution in [1.29, 1.82) is 0 Å². The highest BCUT2D eigenvalue weighted by Crippen LogP contribution is 2.39. The molecule has 0 N–H and O–H groups in total. The molecule has 0 bridgehead atoms. The molecule has 0 spiro atoms. The second-order valence-electron chi connectivity index (χ2n) is 17.7. The molecule has 11 aromatic carbocycles. The molecule has 318 valence electrons. The van der Waals surface area contributed by atoms with Crippen LogP contribution in [0.25, 0.3) is 122 Å². The Morgan fingerprint density at radius 2 is 0.456 bits per heavy atom. The Morgan fingerprint density at radius 1 is 0.162 bits per heavy atom. The Balaban J connectivity index is 0.799. The fourth-order valence-electron chi connectivity index (χ4n) is 10.4. The zero-order valence-electron chi connectivity index (χ0n) is 37.3. The topological polar surface area (TPSA) is 9.86 Å². The molecule has 13 aromatic rings. The van der Waals surface area contributed by atoms with Crippen LogP contribution in [0.5, 0.6) is 0 Å². The van der Waals surface area contributed by atoms with Gasteiger partial charge in [-0.1, -0.05) is 194 Å². The number of rotatable bonds is 8. The number of fused-ring (bicyclic) bond motifs is 6. The monoisotopic (exact) mass is 864 g/mol. The molecule has 2 heterocycles. The molecule has 0 atom stereocenters. The lowest BCUT2D eigenvalue weighted by Crippen LogP contribution is -1.94. The van der Waals surface area contributed by atoms with Crippen LogP contribution >= 0.6 is 0 Å². The smallest absolute Gasteiger partial charge is 0.0541 e. The fraction of sp³-hybridized carbons (Fsp3) is 0. The summed E-state index contributed by atoms with van der Waals surface area (Å²) in [5.74, 6) is 0. The van der Waals surface area contributed by atoms with Crippen LogP contribution in [0.3, 0.4) is 0 Å². The highest BCUT2D eigenvalue weighted by atomic mass is 15.0. The molecule has 0 aliphatic rings. The second-order valence-corrected chi connectivity index (χ2v) is 17.7. The Kier molecular flexibility index (Phi) is 9.54. The van der Waals surface area contributed by atoms with Crippen molar-refractivity contribution in [2.45, 2.75) is 0 Å². The van der Waals surface area contributed by atoms with Crippen LogP contribution in [0, 0.1) is 0 Å². The van der Waals surface area contributed by atoms with Crippen molar-refractivity contribution in [3.8, 4) is 78.1 Å². The van der Waals surface area contributed by atoms with Gasteiger partial charge in [-0.15, -0.1) is 0 Å². The third-order valence-electron chi connectivity index (χ3n) is 13.7. The molecular weight excluding hydrogens is 821 g/mol. The van der Waals surface area contributed by atoms with E-state index in [-0.39, 0.29) is 0 Å². The number of benzene rings is 11. The van der Waals surface area contributed by atoms with E-state index in [0.717, 1.165) is 5.69 Å². The van der Waals surface area contributed by atoms with Crippen molar-refractivity contribution in [1.82, 2.24) is 9.13 Å². The maximum Gasteiger partial charge on any atom is 0.0541 e. The lowest BCUT2D eigenvalue weighted by molar-refractivity contribution is 1.18. The normalized spacial score (nSPS) is 11.5. The summed E-state index contributed by atoms with van der Waals surface area (Å²) in [4.78, 5) is 0. The fourth-order valence-corrected chi connectivity index (χ4v) is 10.4. The molecule has 2 heteroatoms. The lowest BCUT2D eigenvalue weighted by atomic mass is 9.95. The first-order chi connectivity index (χ1) is 33.7. The van der Waals surface area contributed by atoms with Gasteiger partial charge in [-0.25, -0.2) is 0 Å². The minimum Gasteiger partial charge on any atom is -0.309 e. The van der Waals surface area contributed by atoms with E-state index in [1.165, 1.54) is 116 Å². The summed E-state index contributed by atoms with van der Waals surface area (Å²) in [5.41, 5.74) is 21.6. The SMILES string of the molecule is c1ccc(-c2ccc(-c3cccc(-c4cccc(-c5ccc(-c6cccc(-n7c8ccccc8c8cc(-c9ccc%10c(c9)c9ccccc9n%10-c9ccccc9)ccc87)c6)cc5)c4)c3)cc2)cc1. The van der Waals surface area contributed by atoms with Crippen LogP contribution in [-0.4, -0.2) is 9.13 Å². The van der Waals surface area contributed by atoms with E-state index < -0.39 is 0 Å². The summed E-state index contributed by atoms with van der Waals surface area (Å²) in [6, 6.07) is 97.3. The Morgan fingerprint density at radius 3 is 0.956 bits per heavy atom. The predicted molar refractivity (Wildman–Crippen MR) is 288 cm³/mol. The Hall–Kier alpha value is -8.98. The highest BCUT2D eigenvalue weighted by molar-refractivity contribution is 6.12. The van der Waals surface area contributed by atoms with Gasteiger partial charge in [-0.3, -0.25) is 0 Å². The third-order valence-corrected chi connectivity index (χ3v) is 13.7. The van der Waals surface area contributed by atoms with Crippen LogP contribution in [-0.2, 0) is 0 Å². The zero-order valence-corrected chi connectivity index (χ0v) is 37.3. The van der Waals surface area contributed by atoms with Gasteiger partial charge in [-0.2, -0.15) is 0 Å². The van der Waals surface area contributed by atoms with Gasteiger partial charge < -0.3 is 9.13 Å². The number of aromatic nitrogens is 2. The van der Waals surface area contributed by atoms with Crippen LogP contribution in [0.15, 0.2) is 267 Å². The first-order valence-electron chi connectivity index (χ1n) is 23.4. The van der Waals surface area contributed by atoms with E-state index in [2.05, 4.69) is 276 Å². The largest absolute Gasteiger partial charge is 0.309 e. The number of hydrogen-bond acceptors (Lipinski definition) is 0. The second kappa shape index (κ2) is 16.5. The summed E-state index contributed by atoms with van der Waals surface area (Å²) >= 11 is 0. The number of para-hydroxylation sites is 3. The quantitative estimate of drug-likeness (QED) is 0.144. The van der Waals surface area contributed by atoms with Gasteiger partial charge in [0.25, 0.3) is 0 Å². The van der Waals surface area contributed by atoms with Crippen LogP contribution in [0.1, 0.15) is 0 Å². The van der Waals surface area contributed by atoms with Gasteiger partial charge >= 0.3 is 0 Å². The van der Waals surface area contributed by atoms with Gasteiger partial charge in [-0.05, 0) is 140 Å². The van der Waals surface area contributed by atoms with Gasteiger partial charge in [0.1, 0.15) is 0 Å². The summed E-state index contributed by atoms with van der Waals surface area (Å²) in [7, 11) is 0. The minimum atomic E-state index is 1.14. The van der Waals surface area contributed by atoms with Crippen molar-refractivity contribution in [3.63, 3.8) is 0 Å². The van der Waals surface area contributed by atoms with Crippen LogP contribution in [0.4, 0.5) is 0 Å². The summed E-state index contributed by atoms with van der Waals surface area (Å²) in [6.07, 6.45) is 0.